The van der Waals surface area contributed by atoms with E-state index in [1.165, 1.54) is 0 Å². The lowest BCUT2D eigenvalue weighted by molar-refractivity contribution is -0.115. The van der Waals surface area contributed by atoms with Crippen molar-refractivity contribution in [2.45, 2.75) is 13.8 Å². The van der Waals surface area contributed by atoms with Crippen LogP contribution in [0.3, 0.4) is 0 Å². The summed E-state index contributed by atoms with van der Waals surface area (Å²) < 4.78 is 0. The van der Waals surface area contributed by atoms with E-state index in [9.17, 15) is 4.79 Å². The maximum Gasteiger partial charge on any atom is 0.192 e. The number of carbonyl (C=O) groups excluding carboxylic acids is 1. The largest absolute Gasteiger partial charge is 0.366 e. The Morgan fingerprint density at radius 2 is 1.80 bits per heavy atom. The molecule has 0 heterocycles. The van der Waals surface area contributed by atoms with Gasteiger partial charge in [-0.25, -0.2) is 0 Å². The zero-order valence-corrected chi connectivity index (χ0v) is 7.66. The number of rotatable bonds is 2. The summed E-state index contributed by atoms with van der Waals surface area (Å²) >= 11 is 4.85. The Morgan fingerprint density at radius 1 is 1.40 bits per heavy atom. The Bertz CT molecular complexity index is 134. The van der Waals surface area contributed by atoms with Crippen molar-refractivity contribution in [3.8, 4) is 0 Å². The number of ketones is 1. The fraction of sp³-hybridized carbons (Fsp3) is 0.714. The van der Waals surface area contributed by atoms with Crippen LogP contribution in [0.5, 0.6) is 0 Å². The number of hydrogen-bond acceptors (Lipinski definition) is 2. The van der Waals surface area contributed by atoms with Gasteiger partial charge in [0.1, 0.15) is 4.99 Å². The molecule has 0 saturated heterocycles. The van der Waals surface area contributed by atoms with E-state index in [1.54, 1.807) is 19.0 Å². The van der Waals surface area contributed by atoms with Gasteiger partial charge in [-0.1, -0.05) is 26.1 Å². The van der Waals surface area contributed by atoms with Gasteiger partial charge in [-0.3, -0.25) is 4.79 Å². The summed E-state index contributed by atoms with van der Waals surface area (Å²) in [5.41, 5.74) is 0. The van der Waals surface area contributed by atoms with Crippen molar-refractivity contribution in [2.75, 3.05) is 14.1 Å². The van der Waals surface area contributed by atoms with E-state index in [0.717, 1.165) is 0 Å². The van der Waals surface area contributed by atoms with Crippen LogP contribution in [-0.4, -0.2) is 29.8 Å². The molecule has 0 spiro atoms. The van der Waals surface area contributed by atoms with Gasteiger partial charge in [0.05, 0.1) is 0 Å². The van der Waals surface area contributed by atoms with Gasteiger partial charge >= 0.3 is 0 Å². The molecular formula is C7H13NOS. The molecular weight excluding hydrogens is 146 g/mol. The van der Waals surface area contributed by atoms with Gasteiger partial charge in [0.2, 0.25) is 0 Å². The molecule has 0 rings (SSSR count). The minimum Gasteiger partial charge on any atom is -0.366 e. The molecule has 0 amide bonds. The summed E-state index contributed by atoms with van der Waals surface area (Å²) in [5, 5.41) is 0. The highest BCUT2D eigenvalue weighted by Gasteiger charge is 2.14. The molecule has 0 aliphatic carbocycles. The number of hydrogen-bond donors (Lipinski definition) is 0. The van der Waals surface area contributed by atoms with Gasteiger partial charge in [-0.15, -0.1) is 0 Å². The highest BCUT2D eigenvalue weighted by Crippen LogP contribution is 1.98. The average Bonchev–Trinajstić information content (AvgIpc) is 1.84. The van der Waals surface area contributed by atoms with E-state index in [4.69, 9.17) is 12.2 Å². The van der Waals surface area contributed by atoms with Crippen LogP contribution in [0.15, 0.2) is 0 Å². The number of thiocarbonyl (C=S) groups is 1. The molecule has 58 valence electrons. The maximum atomic E-state index is 11.1. The van der Waals surface area contributed by atoms with Crippen molar-refractivity contribution < 1.29 is 4.79 Å². The van der Waals surface area contributed by atoms with Crippen LogP contribution in [0.2, 0.25) is 0 Å². The molecule has 0 aromatic heterocycles. The Morgan fingerprint density at radius 3 is 1.90 bits per heavy atom. The van der Waals surface area contributed by atoms with Crippen LogP contribution in [0, 0.1) is 5.92 Å². The van der Waals surface area contributed by atoms with Gasteiger partial charge in [0, 0.05) is 20.0 Å². The first kappa shape index (κ1) is 9.56. The first-order valence-corrected chi connectivity index (χ1v) is 3.63. The zero-order valence-electron chi connectivity index (χ0n) is 6.84. The van der Waals surface area contributed by atoms with Crippen LogP contribution in [0.25, 0.3) is 0 Å². The lowest BCUT2D eigenvalue weighted by Gasteiger charge is -2.13. The number of Topliss-reactive ketones (excluding diaryl/α,β-unsaturated/α-hetero) is 1. The fourth-order valence-electron chi connectivity index (χ4n) is 0.467. The summed E-state index contributed by atoms with van der Waals surface area (Å²) in [6.45, 7) is 3.69. The molecule has 10 heavy (non-hydrogen) atoms. The molecule has 0 aliphatic heterocycles. The molecule has 0 unspecified atom stereocenters. The summed E-state index contributed by atoms with van der Waals surface area (Å²) in [6.07, 6.45) is 0. The van der Waals surface area contributed by atoms with Crippen molar-refractivity contribution in [3.05, 3.63) is 0 Å². The van der Waals surface area contributed by atoms with E-state index in [1.807, 2.05) is 13.8 Å². The first-order valence-electron chi connectivity index (χ1n) is 3.22. The minimum atomic E-state index is 0.00917. The second-order valence-electron chi connectivity index (χ2n) is 2.72. The smallest absolute Gasteiger partial charge is 0.192 e. The van der Waals surface area contributed by atoms with E-state index < -0.39 is 0 Å². The van der Waals surface area contributed by atoms with E-state index >= 15 is 0 Å². The Kier molecular flexibility index (Phi) is 3.50. The Labute approximate surface area is 67.2 Å². The van der Waals surface area contributed by atoms with Gasteiger partial charge in [-0.2, -0.15) is 0 Å². The van der Waals surface area contributed by atoms with Crippen LogP contribution < -0.4 is 0 Å². The second-order valence-corrected chi connectivity index (χ2v) is 3.11. The molecule has 2 nitrogen and oxygen atoms in total. The van der Waals surface area contributed by atoms with Crippen molar-refractivity contribution in [1.82, 2.24) is 4.90 Å². The highest BCUT2D eigenvalue weighted by atomic mass is 32.1. The minimum absolute atomic E-state index is 0.00917. The number of likely N-dealkylation sites (N-methyl/N-ethyl adjacent to an activating group) is 1. The lowest BCUT2D eigenvalue weighted by atomic mass is 10.1. The first-order chi connectivity index (χ1) is 4.46. The van der Waals surface area contributed by atoms with Crippen LogP contribution >= 0.6 is 12.2 Å². The summed E-state index contributed by atoms with van der Waals surface area (Å²) in [4.78, 5) is 13.2. The predicted molar refractivity (Wildman–Crippen MR) is 46.1 cm³/mol. The molecule has 0 aliphatic rings. The standard InChI is InChI=1S/C7H13NOS/c1-5(2)6(9)7(10)8(3)4/h5H,1-4H3. The number of carbonyl (C=O) groups is 1. The normalized spacial score (nSPS) is 9.70. The van der Waals surface area contributed by atoms with Crippen LogP contribution in [0.1, 0.15) is 13.8 Å². The SMILES string of the molecule is CC(C)C(=O)C(=S)N(C)C. The van der Waals surface area contributed by atoms with E-state index in [2.05, 4.69) is 0 Å². The third kappa shape index (κ3) is 2.43. The van der Waals surface area contributed by atoms with Gasteiger partial charge in [0.25, 0.3) is 0 Å². The molecule has 0 saturated carbocycles. The van der Waals surface area contributed by atoms with Crippen molar-refractivity contribution in [3.63, 3.8) is 0 Å². The van der Waals surface area contributed by atoms with Gasteiger partial charge < -0.3 is 4.90 Å². The molecule has 0 N–H and O–H groups in total. The van der Waals surface area contributed by atoms with Crippen molar-refractivity contribution >= 4 is 23.0 Å². The van der Waals surface area contributed by atoms with Gasteiger partial charge in [0.15, 0.2) is 5.78 Å². The topological polar surface area (TPSA) is 20.3 Å². The van der Waals surface area contributed by atoms with Crippen LogP contribution in [-0.2, 0) is 4.79 Å². The average molecular weight is 159 g/mol. The molecule has 0 fully saturated rings. The van der Waals surface area contributed by atoms with Gasteiger partial charge in [-0.05, 0) is 0 Å². The second kappa shape index (κ2) is 3.66. The summed E-state index contributed by atoms with van der Waals surface area (Å²) in [5.74, 6) is 0.0508. The maximum absolute atomic E-state index is 11.1. The summed E-state index contributed by atoms with van der Waals surface area (Å²) in [7, 11) is 3.56. The number of nitrogens with zero attached hydrogens (tertiary/aromatic N) is 1. The molecule has 3 heteroatoms. The van der Waals surface area contributed by atoms with E-state index in [-0.39, 0.29) is 11.7 Å². The third-order valence-corrected chi connectivity index (χ3v) is 1.71. The lowest BCUT2D eigenvalue weighted by Crippen LogP contribution is -2.30. The van der Waals surface area contributed by atoms with E-state index in [0.29, 0.717) is 4.99 Å². The molecule has 0 aromatic rings. The van der Waals surface area contributed by atoms with Crippen molar-refractivity contribution in [1.29, 1.82) is 0 Å². The third-order valence-electron chi connectivity index (χ3n) is 1.14. The molecule has 0 atom stereocenters. The quantitative estimate of drug-likeness (QED) is 0.563. The fourth-order valence-corrected chi connectivity index (χ4v) is 0.703. The zero-order chi connectivity index (χ0) is 8.31. The van der Waals surface area contributed by atoms with Crippen molar-refractivity contribution in [2.24, 2.45) is 5.92 Å². The van der Waals surface area contributed by atoms with Crippen LogP contribution in [0.4, 0.5) is 0 Å². The summed E-state index contributed by atoms with van der Waals surface area (Å²) in [6, 6.07) is 0. The monoisotopic (exact) mass is 159 g/mol. The molecule has 0 bridgehead atoms. The predicted octanol–water partition coefficient (Wildman–Crippen LogP) is 1.10. The Hall–Kier alpha value is -0.440. The molecule has 0 radical (unpaired) electrons. The Balaban J connectivity index is 4.10. The molecule has 0 aromatic carbocycles. The highest BCUT2D eigenvalue weighted by molar-refractivity contribution is 7.82.